The number of nitrogens with two attached hydrogens (primary N) is 1. The highest BCUT2D eigenvalue weighted by Gasteiger charge is 2.20. The van der Waals surface area contributed by atoms with Crippen molar-refractivity contribution in [3.05, 3.63) is 114 Å². The van der Waals surface area contributed by atoms with Gasteiger partial charge in [0.05, 0.1) is 17.1 Å². The standard InChI is InChI=1S/C28H25FN4O6S/c1-19-7-11-23(12-8-19)40(37,38)31-27-14-10-22(17-32(27)18-26(30)34)39-21-9-13-25(24(29)15-21)33(28(35)36)16-20-5-3-2-4-6-20/h2-15,17H,16,18H2,1H3,(H2,30,34)(H,35,36). The number of sulfonamides is 1. The van der Waals surface area contributed by atoms with Gasteiger partial charge in [0.1, 0.15) is 23.5 Å². The van der Waals surface area contributed by atoms with Crippen molar-refractivity contribution in [2.45, 2.75) is 24.9 Å². The molecule has 4 rings (SSSR count). The normalized spacial score (nSPS) is 11.7. The molecule has 0 saturated carbocycles. The van der Waals surface area contributed by atoms with Crippen molar-refractivity contribution in [1.82, 2.24) is 4.57 Å². The third kappa shape index (κ3) is 6.91. The predicted molar refractivity (Wildman–Crippen MR) is 145 cm³/mol. The molecule has 0 saturated heterocycles. The van der Waals surface area contributed by atoms with Crippen molar-refractivity contribution < 1.29 is 32.2 Å². The van der Waals surface area contributed by atoms with Crippen LogP contribution in [0.1, 0.15) is 11.1 Å². The third-order valence-corrected chi connectivity index (χ3v) is 6.99. The van der Waals surface area contributed by atoms with E-state index in [0.29, 0.717) is 5.56 Å². The number of benzene rings is 3. The third-order valence-electron chi connectivity index (χ3n) is 5.69. The number of hydrogen-bond acceptors (Lipinski definition) is 5. The number of aryl methyl sites for hydroxylation is 1. The average molecular weight is 565 g/mol. The summed E-state index contributed by atoms with van der Waals surface area (Å²) in [5.41, 5.74) is 6.65. The Kier molecular flexibility index (Phi) is 8.29. The topological polar surface area (TPSA) is 144 Å². The minimum atomic E-state index is -4.10. The number of primary amides is 1. The molecule has 0 spiro atoms. The van der Waals surface area contributed by atoms with Crippen molar-refractivity contribution in [3.63, 3.8) is 0 Å². The van der Waals surface area contributed by atoms with Crippen molar-refractivity contribution in [2.24, 2.45) is 10.1 Å². The van der Waals surface area contributed by atoms with Crippen molar-refractivity contribution in [3.8, 4) is 11.5 Å². The summed E-state index contributed by atoms with van der Waals surface area (Å²) < 4.78 is 51.4. The van der Waals surface area contributed by atoms with E-state index in [4.69, 9.17) is 10.5 Å². The highest BCUT2D eigenvalue weighted by Crippen LogP contribution is 2.28. The highest BCUT2D eigenvalue weighted by molar-refractivity contribution is 7.90. The lowest BCUT2D eigenvalue weighted by Gasteiger charge is -2.20. The molecule has 206 valence electrons. The number of ether oxygens (including phenoxy) is 1. The summed E-state index contributed by atoms with van der Waals surface area (Å²) in [4.78, 5) is 24.3. The molecule has 0 unspecified atom stereocenters. The van der Waals surface area contributed by atoms with E-state index in [9.17, 15) is 23.1 Å². The molecule has 40 heavy (non-hydrogen) atoms. The van der Waals surface area contributed by atoms with E-state index in [2.05, 4.69) is 4.40 Å². The summed E-state index contributed by atoms with van der Waals surface area (Å²) in [6.07, 6.45) is -0.0252. The predicted octanol–water partition coefficient (Wildman–Crippen LogP) is 4.19. The first kappa shape index (κ1) is 28.0. The average Bonchev–Trinajstić information content (AvgIpc) is 2.89. The monoisotopic (exact) mass is 564 g/mol. The molecule has 0 aliphatic carbocycles. The maximum absolute atomic E-state index is 15.0. The van der Waals surface area contributed by atoms with Gasteiger partial charge in [0, 0.05) is 12.3 Å². The molecule has 12 heteroatoms. The molecule has 10 nitrogen and oxygen atoms in total. The van der Waals surface area contributed by atoms with Crippen molar-refractivity contribution in [1.29, 1.82) is 0 Å². The molecule has 1 aromatic heterocycles. The van der Waals surface area contributed by atoms with Crippen LogP contribution in [0.15, 0.2) is 100 Å². The zero-order chi connectivity index (χ0) is 28.9. The van der Waals surface area contributed by atoms with Crippen LogP contribution in [-0.4, -0.2) is 30.1 Å². The summed E-state index contributed by atoms with van der Waals surface area (Å²) in [5.74, 6) is -1.43. The quantitative estimate of drug-likeness (QED) is 0.312. The molecule has 0 atom stereocenters. The Labute approximate surface area is 229 Å². The Hall–Kier alpha value is -4.97. The number of anilines is 1. The van der Waals surface area contributed by atoms with E-state index in [-0.39, 0.29) is 34.1 Å². The second kappa shape index (κ2) is 11.8. The number of aromatic nitrogens is 1. The zero-order valence-electron chi connectivity index (χ0n) is 21.3. The largest absolute Gasteiger partial charge is 0.465 e. The maximum Gasteiger partial charge on any atom is 0.412 e. The first-order valence-electron chi connectivity index (χ1n) is 11.9. The molecular formula is C28H25FN4O6S. The van der Waals surface area contributed by atoms with E-state index >= 15 is 4.39 Å². The van der Waals surface area contributed by atoms with Gasteiger partial charge < -0.3 is 20.1 Å². The Morgan fingerprint density at radius 1 is 1.00 bits per heavy atom. The number of carbonyl (C=O) groups excluding carboxylic acids is 1. The zero-order valence-corrected chi connectivity index (χ0v) is 22.1. The summed E-state index contributed by atoms with van der Waals surface area (Å²) >= 11 is 0. The fourth-order valence-corrected chi connectivity index (χ4v) is 4.76. The van der Waals surface area contributed by atoms with E-state index in [1.165, 1.54) is 47.2 Å². The molecular weight excluding hydrogens is 539 g/mol. The molecule has 1 heterocycles. The molecule has 4 aromatic rings. The van der Waals surface area contributed by atoms with Gasteiger partial charge in [-0.25, -0.2) is 9.18 Å². The van der Waals surface area contributed by atoms with Gasteiger partial charge in [-0.15, -0.1) is 4.40 Å². The van der Waals surface area contributed by atoms with Crippen molar-refractivity contribution in [2.75, 3.05) is 4.90 Å². The Morgan fingerprint density at radius 2 is 1.68 bits per heavy atom. The summed E-state index contributed by atoms with van der Waals surface area (Å²) in [6, 6.07) is 21.3. The number of rotatable bonds is 9. The number of carboxylic acid groups (broad SMARTS) is 1. The molecule has 3 aromatic carbocycles. The summed E-state index contributed by atoms with van der Waals surface area (Å²) in [6.45, 7) is 1.36. The minimum Gasteiger partial charge on any atom is -0.465 e. The van der Waals surface area contributed by atoms with E-state index in [1.54, 1.807) is 42.5 Å². The van der Waals surface area contributed by atoms with Gasteiger partial charge in [0.25, 0.3) is 10.0 Å². The van der Waals surface area contributed by atoms with Crippen LogP contribution in [0.3, 0.4) is 0 Å². The lowest BCUT2D eigenvalue weighted by molar-refractivity contribution is -0.118. The second-order valence-corrected chi connectivity index (χ2v) is 10.4. The van der Waals surface area contributed by atoms with Crippen LogP contribution >= 0.6 is 0 Å². The highest BCUT2D eigenvalue weighted by atomic mass is 32.2. The molecule has 0 radical (unpaired) electrons. The lowest BCUT2D eigenvalue weighted by Crippen LogP contribution is -2.29. The van der Waals surface area contributed by atoms with Crippen LogP contribution in [-0.2, 0) is 27.9 Å². The number of pyridine rings is 1. The number of carbonyl (C=O) groups is 2. The van der Waals surface area contributed by atoms with E-state index in [1.807, 2.05) is 6.92 Å². The van der Waals surface area contributed by atoms with Crippen LogP contribution in [0.4, 0.5) is 14.9 Å². The lowest BCUT2D eigenvalue weighted by atomic mass is 10.2. The molecule has 0 fully saturated rings. The Morgan fingerprint density at radius 3 is 2.30 bits per heavy atom. The van der Waals surface area contributed by atoms with Gasteiger partial charge in [-0.05, 0) is 48.9 Å². The number of amides is 2. The molecule has 0 aliphatic rings. The van der Waals surface area contributed by atoms with Crippen LogP contribution < -0.4 is 20.9 Å². The minimum absolute atomic E-state index is 0.0257. The fourth-order valence-electron chi connectivity index (χ4n) is 3.77. The smallest absolute Gasteiger partial charge is 0.412 e. The number of halogens is 1. The van der Waals surface area contributed by atoms with Crippen LogP contribution in [0.25, 0.3) is 0 Å². The van der Waals surface area contributed by atoms with Crippen LogP contribution in [0.2, 0.25) is 0 Å². The van der Waals surface area contributed by atoms with Gasteiger partial charge in [0.15, 0.2) is 5.82 Å². The molecule has 0 aliphatic heterocycles. The Bertz CT molecular complexity index is 1720. The second-order valence-electron chi connectivity index (χ2n) is 8.77. The maximum atomic E-state index is 15.0. The number of nitrogens with zero attached hydrogens (tertiary/aromatic N) is 3. The van der Waals surface area contributed by atoms with Gasteiger partial charge >= 0.3 is 6.09 Å². The molecule has 2 amide bonds. The number of hydrogen-bond donors (Lipinski definition) is 2. The van der Waals surface area contributed by atoms with Crippen LogP contribution in [0, 0.1) is 12.7 Å². The molecule has 3 N–H and O–H groups in total. The summed E-state index contributed by atoms with van der Waals surface area (Å²) in [7, 11) is -4.10. The first-order chi connectivity index (χ1) is 19.0. The van der Waals surface area contributed by atoms with Gasteiger partial charge in [0.2, 0.25) is 5.91 Å². The van der Waals surface area contributed by atoms with Gasteiger partial charge in [-0.1, -0.05) is 48.0 Å². The van der Waals surface area contributed by atoms with Crippen molar-refractivity contribution >= 4 is 27.7 Å². The fraction of sp³-hybridized carbons (Fsp3) is 0.107. The summed E-state index contributed by atoms with van der Waals surface area (Å²) in [5, 5.41) is 9.65. The van der Waals surface area contributed by atoms with Gasteiger partial charge in [-0.2, -0.15) is 8.42 Å². The SMILES string of the molecule is Cc1ccc(S(=O)(=O)N=c2ccc(Oc3ccc(N(Cc4ccccc4)C(=O)O)c(F)c3)cn2CC(N)=O)cc1. The van der Waals surface area contributed by atoms with Gasteiger partial charge in [-0.3, -0.25) is 9.69 Å². The van der Waals surface area contributed by atoms with E-state index < -0.39 is 34.4 Å². The van der Waals surface area contributed by atoms with E-state index in [0.717, 1.165) is 16.5 Å². The first-order valence-corrected chi connectivity index (χ1v) is 13.3. The van der Waals surface area contributed by atoms with Crippen LogP contribution in [0.5, 0.6) is 11.5 Å². The Balaban J connectivity index is 1.62. The molecule has 0 bridgehead atoms.